The summed E-state index contributed by atoms with van der Waals surface area (Å²) >= 11 is 0. The molecule has 788 valence electrons. The summed E-state index contributed by atoms with van der Waals surface area (Å²) in [5, 5.41) is 247. The fraction of sp³-hybridized carbons (Fsp3) is 0.924. The molecule has 49 atom stereocenters. The van der Waals surface area contributed by atoms with Gasteiger partial charge in [0.2, 0.25) is 6.29 Å². The monoisotopic (exact) mass is 1970 g/mol. The largest absolute Gasteiger partial charge is 0.479 e. The highest BCUT2D eigenvalue weighted by atomic mass is 16.8. The number of esters is 3. The zero-order valence-electron chi connectivity index (χ0n) is 79.8. The van der Waals surface area contributed by atoms with Crippen molar-refractivity contribution in [3.8, 4) is 0 Å². The van der Waals surface area contributed by atoms with E-state index in [1.807, 2.05) is 41.5 Å². The number of aldehydes is 1. The van der Waals surface area contributed by atoms with Crippen LogP contribution in [0.25, 0.3) is 0 Å². The highest BCUT2D eigenvalue weighted by Gasteiger charge is 2.74. The standard InChI is InChI=1S/C92H150O45/c1-14-38(3)16-17-43(98)27-56(103)125-49(39(4)15-2)26-44(99)28-57(104)129-67-41(6)124-81(73(63(67)110)135-80-66(113)71(133-79-62(109)60(107)59(106)51(32-94)126-79)68(42(7)123-80)130-78-65(112)69(48(101)34-121-78)131-83-75(114)91(119,36-96)37-122-83)137-84(117)92-25-24-86(8,9)29-46(92)45-18-19-53-87(10)22-21-55(88(11,35-95)52(87)20-23-89(53,12)90(45,13)30-54(92)102)128-82-74(136-85(118)127-50(31-93)40(5)97)70(64(111)72(134-82)76(115)116)132-77-61(108)58(105)47(100)33-120-77/h18,35,38-44,46-55,58-75,77-83,85,93-94,96-102,105-114,118-119H,14-17,19-34,36-37H2,1-13H3,(H,115,116)/t38-,39-,40+,41?,42?,43-,44-,46?,47+,48?,49-,50?,51?,52?,53?,54+,55-,58?,59+,60?,61?,62?,63?,64+,65?,66?,67+,68-,69-,70?,71?,72?,73?,74?,75?,77-,78+,79-,80-,81-,82+,83-,85?,87-,88-,89+,90+,91?,92+/m0/s1. The first-order chi connectivity index (χ1) is 64.3. The Kier molecular flexibility index (Phi) is 36.7. The Bertz CT molecular complexity index is 4000. The quantitative estimate of drug-likeness (QED) is 0.00698. The summed E-state index contributed by atoms with van der Waals surface area (Å²) in [5.74, 6) is -6.50. The van der Waals surface area contributed by atoms with Crippen LogP contribution < -0.4 is 0 Å². The van der Waals surface area contributed by atoms with E-state index in [0.29, 0.717) is 57.3 Å². The minimum absolute atomic E-state index is 0.0152. The van der Waals surface area contributed by atoms with Crippen LogP contribution in [0.2, 0.25) is 0 Å². The van der Waals surface area contributed by atoms with Crippen LogP contribution in [-0.2, 0) is 109 Å². The smallest absolute Gasteiger partial charge is 0.335 e. The second-order valence-corrected chi connectivity index (χ2v) is 42.2. The van der Waals surface area contributed by atoms with Gasteiger partial charge >= 0.3 is 23.9 Å². The zero-order valence-corrected chi connectivity index (χ0v) is 79.8. The third kappa shape index (κ3) is 22.6. The van der Waals surface area contributed by atoms with Gasteiger partial charge in [0.25, 0.3) is 6.48 Å². The Morgan fingerprint density at radius 3 is 1.80 bits per heavy atom. The lowest BCUT2D eigenvalue weighted by molar-refractivity contribution is -0.399. The van der Waals surface area contributed by atoms with Crippen LogP contribution in [0.15, 0.2) is 11.6 Å². The topological polar surface area (TPSA) is 697 Å². The first-order valence-corrected chi connectivity index (χ1v) is 48.1. The molecule has 0 bridgehead atoms. The number of carboxylic acids is 1. The lowest BCUT2D eigenvalue weighted by Crippen LogP contribution is -2.69. The minimum atomic E-state index is -2.43. The van der Waals surface area contributed by atoms with Gasteiger partial charge in [0.05, 0.1) is 101 Å². The summed E-state index contributed by atoms with van der Waals surface area (Å²) < 4.78 is 109. The number of carboxylic acid groups (broad SMARTS) is 1. The van der Waals surface area contributed by atoms with E-state index in [9.17, 15) is 132 Å². The van der Waals surface area contributed by atoms with Crippen LogP contribution in [0.3, 0.4) is 0 Å². The molecule has 11 fully saturated rings. The fourth-order valence-corrected chi connectivity index (χ4v) is 23.5. The summed E-state index contributed by atoms with van der Waals surface area (Å²) in [5.41, 5.74) is -7.86. The molecule has 22 N–H and O–H groups in total. The lowest BCUT2D eigenvalue weighted by atomic mass is 9.33. The molecule has 7 heterocycles. The first kappa shape index (κ1) is 112. The molecule has 0 radical (unpaired) electrons. The molecule has 4 saturated carbocycles. The molecule has 23 unspecified atom stereocenters. The number of aliphatic carboxylic acids is 1. The molecular formula is C92H150O45. The zero-order chi connectivity index (χ0) is 101. The van der Waals surface area contributed by atoms with Crippen molar-refractivity contribution in [2.45, 2.75) is 432 Å². The van der Waals surface area contributed by atoms with E-state index < -0.39 is 353 Å². The van der Waals surface area contributed by atoms with Gasteiger partial charge in [-0.3, -0.25) is 14.4 Å². The fourth-order valence-electron chi connectivity index (χ4n) is 23.5. The van der Waals surface area contributed by atoms with Crippen LogP contribution in [0.5, 0.6) is 0 Å². The summed E-state index contributed by atoms with van der Waals surface area (Å²) in [6.45, 7) is 16.3. The Balaban J connectivity index is 0.846. The van der Waals surface area contributed by atoms with E-state index in [4.69, 9.17) is 85.3 Å². The van der Waals surface area contributed by atoms with Crippen LogP contribution in [-0.4, -0.2) is 421 Å². The molecule has 0 amide bonds. The number of fused-ring (bicyclic) bond motifs is 7. The summed E-state index contributed by atoms with van der Waals surface area (Å²) in [7, 11) is 0. The van der Waals surface area contributed by atoms with Crippen molar-refractivity contribution in [3.05, 3.63) is 11.6 Å². The van der Waals surface area contributed by atoms with Gasteiger partial charge in [-0.05, 0) is 143 Å². The number of ether oxygens (including phenoxy) is 18. The molecule has 0 aromatic heterocycles. The van der Waals surface area contributed by atoms with Crippen molar-refractivity contribution in [2.24, 2.45) is 62.1 Å². The van der Waals surface area contributed by atoms with Crippen molar-refractivity contribution in [2.75, 3.05) is 39.6 Å². The van der Waals surface area contributed by atoms with Crippen molar-refractivity contribution in [1.82, 2.24) is 0 Å². The van der Waals surface area contributed by atoms with E-state index >= 15 is 4.79 Å². The van der Waals surface area contributed by atoms with Crippen molar-refractivity contribution in [3.63, 3.8) is 0 Å². The third-order valence-electron chi connectivity index (χ3n) is 32.6. The molecule has 0 aromatic carbocycles. The predicted octanol–water partition coefficient (Wildman–Crippen LogP) is -4.06. The van der Waals surface area contributed by atoms with E-state index in [1.54, 1.807) is 13.8 Å². The summed E-state index contributed by atoms with van der Waals surface area (Å²) in [4.78, 5) is 71.9. The Labute approximate surface area is 794 Å². The number of allylic oxidation sites excluding steroid dienone is 2. The van der Waals surface area contributed by atoms with Gasteiger partial charge in [-0.15, -0.1) is 0 Å². The molecule has 137 heavy (non-hydrogen) atoms. The van der Waals surface area contributed by atoms with Crippen molar-refractivity contribution in [1.29, 1.82) is 0 Å². The van der Waals surface area contributed by atoms with Crippen LogP contribution in [0.4, 0.5) is 0 Å². The molecule has 7 saturated heterocycles. The number of carbonyl (C=O) groups is 5. The molecule has 7 aliphatic heterocycles. The van der Waals surface area contributed by atoms with Crippen molar-refractivity contribution >= 4 is 30.2 Å². The SMILES string of the molecule is CC[C@H](C)CC[C@H](O)CC(=O)O[C@@H](C[C@H](O)CC(=O)O[C@@H]1C(C)O[C@@H](OC(=O)[C@]23CCC(C)(C)CC2C2=CCC4[C@@]5(C)CC[C@H](O[C@@H]6OC(C(=O)O)[C@H](O)C(O[C@@H]7OC[C@@H](O)C(O)C7O)C6OC(O)OC(CO)[C@@H](C)O)[C@@](C)(C=O)C5CC[C@@]4(C)[C@]2(C)C[C@H]3O)C(O[C@@H]2OC(C)[C@H](O[C@H]3OCC(O)[C@H](O[C@@H]4OCC(O)(CO)C4O)C3O)C(O[C@@H]3OC(CO)[C@@H](O)C(O)C3O)C2O)C1O)[C@@H](C)CC. The molecular weight excluding hydrogens is 1820 g/mol. The molecule has 45 nitrogen and oxygen atoms in total. The predicted molar refractivity (Wildman–Crippen MR) is 458 cm³/mol. The molecule has 0 spiro atoms. The van der Waals surface area contributed by atoms with Crippen molar-refractivity contribution < 1.29 is 222 Å². The van der Waals surface area contributed by atoms with E-state index in [2.05, 4.69) is 19.9 Å². The summed E-state index contributed by atoms with van der Waals surface area (Å²) in [6, 6.07) is 0. The number of hydrogen-bond donors (Lipinski definition) is 22. The number of carbonyl (C=O) groups excluding carboxylic acids is 4. The van der Waals surface area contributed by atoms with Crippen LogP contribution in [0.1, 0.15) is 193 Å². The van der Waals surface area contributed by atoms with E-state index in [-0.39, 0.29) is 50.4 Å². The average molecular weight is 1980 g/mol. The highest BCUT2D eigenvalue weighted by Crippen LogP contribution is 2.76. The van der Waals surface area contributed by atoms with Crippen LogP contribution >= 0.6 is 0 Å². The van der Waals surface area contributed by atoms with Gasteiger partial charge in [0.15, 0.2) is 56.1 Å². The number of hydrogen-bond acceptors (Lipinski definition) is 44. The molecule has 12 aliphatic rings. The van der Waals surface area contributed by atoms with Gasteiger partial charge in [0, 0.05) is 6.42 Å². The normalized spacial score (nSPS) is 46.7. The van der Waals surface area contributed by atoms with Gasteiger partial charge in [-0.1, -0.05) is 93.7 Å². The summed E-state index contributed by atoms with van der Waals surface area (Å²) in [6.07, 6.45) is -62.4. The average Bonchev–Trinajstić information content (AvgIpc) is 1.10. The second kappa shape index (κ2) is 45.1. The number of aliphatic hydroxyl groups is 21. The lowest BCUT2D eigenvalue weighted by Gasteiger charge is -2.71. The maximum absolute atomic E-state index is 16.5. The molecule has 45 heteroatoms. The molecule has 12 rings (SSSR count). The van der Waals surface area contributed by atoms with E-state index in [1.165, 1.54) is 20.8 Å². The number of rotatable bonds is 38. The molecule has 5 aliphatic carbocycles. The Hall–Kier alpha value is -4.15. The van der Waals surface area contributed by atoms with Gasteiger partial charge in [0.1, 0.15) is 139 Å². The Morgan fingerprint density at radius 2 is 1.16 bits per heavy atom. The van der Waals surface area contributed by atoms with E-state index in [0.717, 1.165) is 18.3 Å². The maximum Gasteiger partial charge on any atom is 0.335 e. The minimum Gasteiger partial charge on any atom is -0.479 e. The van der Waals surface area contributed by atoms with Gasteiger partial charge in [-0.25, -0.2) is 4.79 Å². The molecule has 0 aromatic rings. The second-order valence-electron chi connectivity index (χ2n) is 42.2. The van der Waals surface area contributed by atoms with Gasteiger partial charge in [-0.2, -0.15) is 0 Å². The maximum atomic E-state index is 16.5. The van der Waals surface area contributed by atoms with Gasteiger partial charge < -0.3 is 202 Å². The first-order valence-electron chi connectivity index (χ1n) is 48.1. The Morgan fingerprint density at radius 1 is 0.555 bits per heavy atom. The number of aliphatic hydroxyl groups excluding tert-OH is 20. The van der Waals surface area contributed by atoms with Crippen LogP contribution in [0, 0.1) is 62.1 Å². The third-order valence-corrected chi connectivity index (χ3v) is 32.6. The highest BCUT2D eigenvalue weighted by molar-refractivity contribution is 5.80.